The summed E-state index contributed by atoms with van der Waals surface area (Å²) in [5, 5.41) is 5.36. The number of morpholine rings is 1. The average Bonchev–Trinajstić information content (AvgIpc) is 2.61. The Morgan fingerprint density at radius 2 is 1.92 bits per heavy atom. The smallest absolute Gasteiger partial charge is 0.240 e. The highest BCUT2D eigenvalue weighted by Crippen LogP contribution is 2.31. The van der Waals surface area contributed by atoms with Crippen LogP contribution in [0.1, 0.15) is 28.9 Å². The van der Waals surface area contributed by atoms with Gasteiger partial charge in [0.2, 0.25) is 10.0 Å². The maximum Gasteiger partial charge on any atom is 0.240 e. The van der Waals surface area contributed by atoms with E-state index in [9.17, 15) is 17.6 Å². The molecule has 1 heterocycles. The molecule has 2 aromatic carbocycles. The minimum absolute atomic E-state index is 0.0926. The number of rotatable bonds is 4. The molecule has 6 nitrogen and oxygen atoms in total. The monoisotopic (exact) mass is 378 g/mol. The number of ketones is 1. The fourth-order valence-electron chi connectivity index (χ4n) is 2.97. The van der Waals surface area contributed by atoms with Gasteiger partial charge in [-0.05, 0) is 42.8 Å². The topological polar surface area (TPSA) is 89.7 Å². The molecule has 0 aromatic heterocycles. The van der Waals surface area contributed by atoms with E-state index < -0.39 is 10.0 Å². The van der Waals surface area contributed by atoms with E-state index in [-0.39, 0.29) is 28.2 Å². The molecule has 0 bridgehead atoms. The molecule has 0 amide bonds. The summed E-state index contributed by atoms with van der Waals surface area (Å²) < 4.78 is 42.9. The Morgan fingerprint density at radius 3 is 2.54 bits per heavy atom. The first kappa shape index (κ1) is 18.5. The van der Waals surface area contributed by atoms with E-state index in [1.54, 1.807) is 24.3 Å². The van der Waals surface area contributed by atoms with E-state index in [2.05, 4.69) is 0 Å². The van der Waals surface area contributed by atoms with Crippen molar-refractivity contribution in [1.29, 1.82) is 0 Å². The fraction of sp³-hybridized carbons (Fsp3) is 0.278. The molecule has 1 aliphatic rings. The lowest BCUT2D eigenvalue weighted by molar-refractivity contribution is 0.0396. The molecule has 1 saturated heterocycles. The summed E-state index contributed by atoms with van der Waals surface area (Å²) in [6, 6.07) is 10.5. The number of halogens is 1. The molecule has 8 heteroatoms. The molecular weight excluding hydrogens is 359 g/mol. The molecule has 3 rings (SSSR count). The predicted octanol–water partition coefficient (Wildman–Crippen LogP) is 2.25. The Hall–Kier alpha value is -2.29. The lowest BCUT2D eigenvalue weighted by Crippen LogP contribution is -2.39. The quantitative estimate of drug-likeness (QED) is 0.824. The van der Waals surface area contributed by atoms with Crippen LogP contribution in [-0.4, -0.2) is 33.9 Å². The van der Waals surface area contributed by atoms with Crippen LogP contribution in [0.5, 0.6) is 0 Å². The van der Waals surface area contributed by atoms with E-state index in [4.69, 9.17) is 9.88 Å². The molecule has 138 valence electrons. The number of nitrogens with zero attached hydrogens (tertiary/aromatic N) is 1. The van der Waals surface area contributed by atoms with Gasteiger partial charge in [-0.2, -0.15) is 0 Å². The van der Waals surface area contributed by atoms with Crippen molar-refractivity contribution in [3.8, 4) is 0 Å². The Morgan fingerprint density at radius 1 is 1.23 bits per heavy atom. The summed E-state index contributed by atoms with van der Waals surface area (Å²) in [6.45, 7) is 2.59. The summed E-state index contributed by atoms with van der Waals surface area (Å²) in [5.74, 6) is -0.578. The highest BCUT2D eigenvalue weighted by molar-refractivity contribution is 7.89. The van der Waals surface area contributed by atoms with Crippen LogP contribution >= 0.6 is 0 Å². The highest BCUT2D eigenvalue weighted by atomic mass is 32.2. The first-order valence-electron chi connectivity index (χ1n) is 8.05. The Labute approximate surface area is 151 Å². The summed E-state index contributed by atoms with van der Waals surface area (Å²) in [6.07, 6.45) is -0.329. The van der Waals surface area contributed by atoms with Crippen LogP contribution in [0.3, 0.4) is 0 Å². The summed E-state index contributed by atoms with van der Waals surface area (Å²) >= 11 is 0. The fourth-order valence-corrected chi connectivity index (χ4v) is 3.75. The van der Waals surface area contributed by atoms with Gasteiger partial charge in [-0.1, -0.05) is 12.1 Å². The number of benzene rings is 2. The van der Waals surface area contributed by atoms with Crippen LogP contribution < -0.4 is 10.0 Å². The van der Waals surface area contributed by atoms with E-state index in [1.807, 2.05) is 4.90 Å². The van der Waals surface area contributed by atoms with Crippen molar-refractivity contribution in [2.75, 3.05) is 24.6 Å². The molecule has 0 spiro atoms. The molecule has 2 N–H and O–H groups in total. The summed E-state index contributed by atoms with van der Waals surface area (Å²) in [5.41, 5.74) is 1.50. The number of carbonyl (C=O) groups excluding carboxylic acids is 1. The number of sulfonamides is 1. The summed E-state index contributed by atoms with van der Waals surface area (Å²) in [7, 11) is -4.01. The van der Waals surface area contributed by atoms with Gasteiger partial charge in [-0.25, -0.2) is 17.9 Å². The molecule has 0 radical (unpaired) electrons. The largest absolute Gasteiger partial charge is 0.370 e. The first-order chi connectivity index (χ1) is 12.3. The van der Waals surface area contributed by atoms with Gasteiger partial charge in [0.05, 0.1) is 12.3 Å². The minimum Gasteiger partial charge on any atom is -0.370 e. The van der Waals surface area contributed by atoms with Crippen LogP contribution in [0.4, 0.5) is 10.1 Å². The second-order valence-corrected chi connectivity index (χ2v) is 7.67. The van der Waals surface area contributed by atoms with Gasteiger partial charge >= 0.3 is 0 Å². The van der Waals surface area contributed by atoms with Crippen molar-refractivity contribution in [1.82, 2.24) is 0 Å². The minimum atomic E-state index is -4.01. The van der Waals surface area contributed by atoms with Gasteiger partial charge in [0.25, 0.3) is 0 Å². The third-order valence-electron chi connectivity index (χ3n) is 4.32. The molecule has 0 saturated carbocycles. The van der Waals surface area contributed by atoms with Gasteiger partial charge in [0.15, 0.2) is 5.78 Å². The third kappa shape index (κ3) is 3.92. The van der Waals surface area contributed by atoms with Gasteiger partial charge in [-0.15, -0.1) is 0 Å². The Kier molecular flexibility index (Phi) is 5.08. The molecule has 1 aliphatic heterocycles. The molecule has 1 fully saturated rings. The average molecular weight is 378 g/mol. The zero-order chi connectivity index (χ0) is 18.9. The van der Waals surface area contributed by atoms with Gasteiger partial charge in [-0.3, -0.25) is 4.79 Å². The van der Waals surface area contributed by atoms with Crippen LogP contribution in [0.25, 0.3) is 0 Å². The molecule has 1 atom stereocenters. The summed E-state index contributed by atoms with van der Waals surface area (Å²) in [4.78, 5) is 13.3. The molecule has 2 aromatic rings. The van der Waals surface area contributed by atoms with Crippen LogP contribution in [0.2, 0.25) is 0 Å². The van der Waals surface area contributed by atoms with E-state index >= 15 is 0 Å². The number of hydrogen-bond donors (Lipinski definition) is 1. The SMILES string of the molecule is CC(=O)c1ccc(N2CCOC(c3ccc(F)cc3)C2)c(S(N)(=O)=O)c1. The number of hydrogen-bond acceptors (Lipinski definition) is 5. The van der Waals surface area contributed by atoms with Crippen LogP contribution in [-0.2, 0) is 14.8 Å². The maximum absolute atomic E-state index is 13.1. The number of anilines is 1. The predicted molar refractivity (Wildman–Crippen MR) is 95.1 cm³/mol. The lowest BCUT2D eigenvalue weighted by Gasteiger charge is -2.35. The van der Waals surface area contributed by atoms with Crippen molar-refractivity contribution in [3.05, 3.63) is 59.4 Å². The Bertz CT molecular complexity index is 929. The number of ether oxygens (including phenoxy) is 1. The van der Waals surface area contributed by atoms with E-state index in [0.29, 0.717) is 25.4 Å². The molecule has 0 aliphatic carbocycles. The van der Waals surface area contributed by atoms with Crippen LogP contribution in [0.15, 0.2) is 47.4 Å². The maximum atomic E-state index is 13.1. The molecule has 26 heavy (non-hydrogen) atoms. The second-order valence-electron chi connectivity index (χ2n) is 6.14. The van der Waals surface area contributed by atoms with Crippen molar-refractivity contribution in [2.24, 2.45) is 5.14 Å². The van der Waals surface area contributed by atoms with E-state index in [0.717, 1.165) is 5.56 Å². The number of Topliss-reactive ketones (excluding diaryl/α,β-unsaturated/α-hetero) is 1. The second kappa shape index (κ2) is 7.14. The van der Waals surface area contributed by atoms with Crippen molar-refractivity contribution < 1.29 is 22.3 Å². The zero-order valence-corrected chi connectivity index (χ0v) is 15.0. The zero-order valence-electron chi connectivity index (χ0n) is 14.2. The number of primary sulfonamides is 1. The standard InChI is InChI=1S/C18H19FN2O4S/c1-12(22)14-4-7-16(18(10-14)26(20,23)24)21-8-9-25-17(11-21)13-2-5-15(19)6-3-13/h2-7,10,17H,8-9,11H2,1H3,(H2,20,23,24). The third-order valence-corrected chi connectivity index (χ3v) is 5.26. The highest BCUT2D eigenvalue weighted by Gasteiger charge is 2.26. The van der Waals surface area contributed by atoms with Gasteiger partial charge in [0, 0.05) is 18.7 Å². The number of carbonyl (C=O) groups is 1. The first-order valence-corrected chi connectivity index (χ1v) is 9.60. The van der Waals surface area contributed by atoms with Crippen molar-refractivity contribution >= 4 is 21.5 Å². The van der Waals surface area contributed by atoms with Gasteiger partial charge in [0.1, 0.15) is 16.8 Å². The number of nitrogens with two attached hydrogens (primary N) is 1. The van der Waals surface area contributed by atoms with Crippen LogP contribution in [0, 0.1) is 5.82 Å². The van der Waals surface area contributed by atoms with E-state index in [1.165, 1.54) is 25.1 Å². The Balaban J connectivity index is 1.95. The van der Waals surface area contributed by atoms with Gasteiger partial charge < -0.3 is 9.64 Å². The van der Waals surface area contributed by atoms with Crippen molar-refractivity contribution in [2.45, 2.75) is 17.9 Å². The van der Waals surface area contributed by atoms with Crippen molar-refractivity contribution in [3.63, 3.8) is 0 Å². The molecular formula is C18H19FN2O4S. The molecule has 1 unspecified atom stereocenters. The lowest BCUT2D eigenvalue weighted by atomic mass is 10.1. The normalized spacial score (nSPS) is 18.0.